The maximum atomic E-state index is 12.0. The van der Waals surface area contributed by atoms with E-state index in [1.807, 2.05) is 32.0 Å². The Hall–Kier alpha value is -1.49. The zero-order valence-electron chi connectivity index (χ0n) is 12.9. The lowest BCUT2D eigenvalue weighted by atomic mass is 10.0. The van der Waals surface area contributed by atoms with Crippen molar-refractivity contribution in [2.75, 3.05) is 12.3 Å². The van der Waals surface area contributed by atoms with Crippen LogP contribution in [0.25, 0.3) is 0 Å². The van der Waals surface area contributed by atoms with Gasteiger partial charge in [0.05, 0.1) is 0 Å². The molecule has 0 aromatic heterocycles. The van der Waals surface area contributed by atoms with E-state index in [2.05, 4.69) is 22.8 Å². The molecule has 1 rings (SSSR count). The van der Waals surface area contributed by atoms with Gasteiger partial charge in [-0.2, -0.15) is 11.8 Å². The average Bonchev–Trinajstić information content (AvgIpc) is 2.44. The van der Waals surface area contributed by atoms with Gasteiger partial charge < -0.3 is 10.6 Å². The lowest BCUT2D eigenvalue weighted by molar-refractivity contribution is -0.129. The standard InChI is InChI=1S/C16H24N2O2S/c1-12(2)15(18-13(3)19)16(20)17-9-10-21-11-14-7-5-4-6-8-14/h4-8,12,15H,9-11H2,1-3H3,(H,17,20)(H,18,19)/t15-/m1/s1. The molecule has 2 amide bonds. The minimum Gasteiger partial charge on any atom is -0.353 e. The van der Waals surface area contributed by atoms with E-state index < -0.39 is 6.04 Å². The van der Waals surface area contributed by atoms with Crippen molar-refractivity contribution in [3.63, 3.8) is 0 Å². The molecule has 0 aliphatic rings. The highest BCUT2D eigenvalue weighted by Gasteiger charge is 2.22. The highest BCUT2D eigenvalue weighted by Crippen LogP contribution is 2.10. The van der Waals surface area contributed by atoms with Crippen molar-refractivity contribution in [3.05, 3.63) is 35.9 Å². The van der Waals surface area contributed by atoms with E-state index in [1.165, 1.54) is 12.5 Å². The number of thioether (sulfide) groups is 1. The predicted octanol–water partition coefficient (Wildman–Crippen LogP) is 2.20. The molecule has 5 heteroatoms. The third kappa shape index (κ3) is 7.18. The van der Waals surface area contributed by atoms with E-state index in [-0.39, 0.29) is 17.7 Å². The summed E-state index contributed by atoms with van der Waals surface area (Å²) in [6.45, 7) is 5.88. The molecule has 2 N–H and O–H groups in total. The molecule has 0 saturated carbocycles. The number of hydrogen-bond donors (Lipinski definition) is 2. The Morgan fingerprint density at radius 3 is 2.43 bits per heavy atom. The molecule has 0 aliphatic heterocycles. The third-order valence-corrected chi connectivity index (χ3v) is 4.00. The highest BCUT2D eigenvalue weighted by atomic mass is 32.2. The van der Waals surface area contributed by atoms with Crippen LogP contribution in [0.2, 0.25) is 0 Å². The van der Waals surface area contributed by atoms with Gasteiger partial charge in [-0.05, 0) is 11.5 Å². The van der Waals surface area contributed by atoms with Crippen LogP contribution in [0, 0.1) is 5.92 Å². The largest absolute Gasteiger partial charge is 0.353 e. The van der Waals surface area contributed by atoms with Gasteiger partial charge in [-0.3, -0.25) is 9.59 Å². The zero-order valence-corrected chi connectivity index (χ0v) is 13.7. The molecule has 1 atom stereocenters. The number of nitrogens with one attached hydrogen (secondary N) is 2. The zero-order chi connectivity index (χ0) is 15.7. The number of hydrogen-bond acceptors (Lipinski definition) is 3. The number of amides is 2. The van der Waals surface area contributed by atoms with Crippen molar-refractivity contribution in [1.82, 2.24) is 10.6 Å². The van der Waals surface area contributed by atoms with Crippen LogP contribution < -0.4 is 10.6 Å². The Bertz CT molecular complexity index is 449. The van der Waals surface area contributed by atoms with Gasteiger partial charge in [0, 0.05) is 25.0 Å². The first-order valence-electron chi connectivity index (χ1n) is 7.17. The molecular weight excluding hydrogens is 284 g/mol. The van der Waals surface area contributed by atoms with Crippen molar-refractivity contribution in [3.8, 4) is 0 Å². The Kier molecular flexibility index (Phi) is 7.90. The fourth-order valence-corrected chi connectivity index (χ4v) is 2.69. The Balaban J connectivity index is 2.24. The molecule has 0 saturated heterocycles. The normalized spacial score (nSPS) is 12.0. The summed E-state index contributed by atoms with van der Waals surface area (Å²) in [5, 5.41) is 5.57. The van der Waals surface area contributed by atoms with Crippen molar-refractivity contribution >= 4 is 23.6 Å². The molecule has 4 nitrogen and oxygen atoms in total. The summed E-state index contributed by atoms with van der Waals surface area (Å²) in [4.78, 5) is 23.1. The smallest absolute Gasteiger partial charge is 0.242 e. The lowest BCUT2D eigenvalue weighted by Gasteiger charge is -2.20. The molecule has 0 spiro atoms. The van der Waals surface area contributed by atoms with E-state index in [0.717, 1.165) is 11.5 Å². The highest BCUT2D eigenvalue weighted by molar-refractivity contribution is 7.98. The fraction of sp³-hybridized carbons (Fsp3) is 0.500. The molecule has 0 fully saturated rings. The second-order valence-electron chi connectivity index (χ2n) is 5.25. The quantitative estimate of drug-likeness (QED) is 0.724. The summed E-state index contributed by atoms with van der Waals surface area (Å²) in [6.07, 6.45) is 0. The number of rotatable bonds is 8. The summed E-state index contributed by atoms with van der Waals surface area (Å²) >= 11 is 1.78. The van der Waals surface area contributed by atoms with Crippen LogP contribution in [-0.2, 0) is 15.3 Å². The van der Waals surface area contributed by atoms with Gasteiger partial charge in [0.25, 0.3) is 0 Å². The van der Waals surface area contributed by atoms with Crippen molar-refractivity contribution in [2.45, 2.75) is 32.6 Å². The fourth-order valence-electron chi connectivity index (χ4n) is 1.87. The molecule has 0 aliphatic carbocycles. The summed E-state index contributed by atoms with van der Waals surface area (Å²) in [7, 11) is 0. The molecule has 1 aromatic carbocycles. The molecule has 0 unspecified atom stereocenters. The van der Waals surface area contributed by atoms with Crippen molar-refractivity contribution < 1.29 is 9.59 Å². The number of benzene rings is 1. The van der Waals surface area contributed by atoms with Crippen LogP contribution in [0.1, 0.15) is 26.3 Å². The van der Waals surface area contributed by atoms with Crippen LogP contribution >= 0.6 is 11.8 Å². The monoisotopic (exact) mass is 308 g/mol. The van der Waals surface area contributed by atoms with E-state index >= 15 is 0 Å². The Morgan fingerprint density at radius 1 is 1.19 bits per heavy atom. The van der Waals surface area contributed by atoms with Crippen molar-refractivity contribution in [2.24, 2.45) is 5.92 Å². The van der Waals surface area contributed by atoms with Gasteiger partial charge in [0.15, 0.2) is 0 Å². The third-order valence-electron chi connectivity index (χ3n) is 2.97. The second-order valence-corrected chi connectivity index (χ2v) is 6.36. The average molecular weight is 308 g/mol. The van der Waals surface area contributed by atoms with Gasteiger partial charge >= 0.3 is 0 Å². The molecule has 0 radical (unpaired) electrons. The molecule has 1 aromatic rings. The summed E-state index contributed by atoms with van der Waals surface area (Å²) in [5.74, 6) is 1.58. The first-order chi connectivity index (χ1) is 10.0. The van der Waals surface area contributed by atoms with Crippen LogP contribution in [0.15, 0.2) is 30.3 Å². The summed E-state index contributed by atoms with van der Waals surface area (Å²) < 4.78 is 0. The SMILES string of the molecule is CC(=O)N[C@@H](C(=O)NCCSCc1ccccc1)C(C)C. The minimum atomic E-state index is -0.457. The van der Waals surface area contributed by atoms with E-state index in [4.69, 9.17) is 0 Å². The topological polar surface area (TPSA) is 58.2 Å². The number of carbonyl (C=O) groups is 2. The molecule has 21 heavy (non-hydrogen) atoms. The van der Waals surface area contributed by atoms with E-state index in [0.29, 0.717) is 6.54 Å². The van der Waals surface area contributed by atoms with Gasteiger partial charge in [-0.25, -0.2) is 0 Å². The first kappa shape index (κ1) is 17.6. The van der Waals surface area contributed by atoms with E-state index in [1.54, 1.807) is 11.8 Å². The second kappa shape index (κ2) is 9.45. The Morgan fingerprint density at radius 2 is 1.86 bits per heavy atom. The summed E-state index contributed by atoms with van der Waals surface area (Å²) in [5.41, 5.74) is 1.28. The molecule has 0 heterocycles. The van der Waals surface area contributed by atoms with Crippen LogP contribution in [0.5, 0.6) is 0 Å². The van der Waals surface area contributed by atoms with Crippen LogP contribution in [0.3, 0.4) is 0 Å². The summed E-state index contributed by atoms with van der Waals surface area (Å²) in [6, 6.07) is 9.79. The number of carbonyl (C=O) groups excluding carboxylic acids is 2. The van der Waals surface area contributed by atoms with Gasteiger partial charge in [-0.1, -0.05) is 44.2 Å². The maximum Gasteiger partial charge on any atom is 0.242 e. The van der Waals surface area contributed by atoms with Gasteiger partial charge in [0.1, 0.15) is 6.04 Å². The Labute approximate surface area is 131 Å². The minimum absolute atomic E-state index is 0.0749. The predicted molar refractivity (Wildman–Crippen MR) is 88.1 cm³/mol. The molecule has 0 bridgehead atoms. The molecule has 116 valence electrons. The van der Waals surface area contributed by atoms with Crippen LogP contribution in [-0.4, -0.2) is 30.2 Å². The molecular formula is C16H24N2O2S. The van der Waals surface area contributed by atoms with E-state index in [9.17, 15) is 9.59 Å². The van der Waals surface area contributed by atoms with Gasteiger partial charge in [0.2, 0.25) is 11.8 Å². The van der Waals surface area contributed by atoms with Crippen LogP contribution in [0.4, 0.5) is 0 Å². The maximum absolute atomic E-state index is 12.0. The lowest BCUT2D eigenvalue weighted by Crippen LogP contribution is -2.49. The van der Waals surface area contributed by atoms with Gasteiger partial charge in [-0.15, -0.1) is 0 Å². The first-order valence-corrected chi connectivity index (χ1v) is 8.32. The van der Waals surface area contributed by atoms with Crippen molar-refractivity contribution in [1.29, 1.82) is 0 Å².